The molecule has 0 unspecified atom stereocenters. The van der Waals surface area contributed by atoms with Crippen LogP contribution < -0.4 is 20.1 Å². The summed E-state index contributed by atoms with van der Waals surface area (Å²) in [4.78, 5) is 48.7. The second-order valence-corrected chi connectivity index (χ2v) is 7.71. The van der Waals surface area contributed by atoms with E-state index >= 15 is 0 Å². The lowest BCUT2D eigenvalue weighted by molar-refractivity contribution is -0.139. The van der Waals surface area contributed by atoms with Crippen molar-refractivity contribution < 1.29 is 38.1 Å². The zero-order chi connectivity index (χ0) is 24.8. The summed E-state index contributed by atoms with van der Waals surface area (Å²) in [6.45, 7) is 0.783. The van der Waals surface area contributed by atoms with Crippen molar-refractivity contribution in [3.63, 3.8) is 0 Å². The van der Waals surface area contributed by atoms with Crippen molar-refractivity contribution in [1.29, 1.82) is 0 Å². The highest BCUT2D eigenvalue weighted by molar-refractivity contribution is 9.10. The van der Waals surface area contributed by atoms with E-state index in [-0.39, 0.29) is 29.5 Å². The van der Waals surface area contributed by atoms with Gasteiger partial charge in [0.25, 0.3) is 5.91 Å². The summed E-state index contributed by atoms with van der Waals surface area (Å²) in [6.07, 6.45) is 1.36. The number of carbonyl (C=O) groups excluding carboxylic acids is 3. The average molecular weight is 536 g/mol. The molecule has 2 aromatic carbocycles. The molecule has 178 valence electrons. The van der Waals surface area contributed by atoms with Crippen LogP contribution in [0.3, 0.4) is 0 Å². The highest BCUT2D eigenvalue weighted by Gasteiger charge is 2.35. The maximum absolute atomic E-state index is 13.7. The number of nitrogens with one attached hydrogen (secondary N) is 2. The van der Waals surface area contributed by atoms with E-state index in [1.807, 2.05) is 0 Å². The summed E-state index contributed by atoms with van der Waals surface area (Å²) >= 11 is 3.28. The van der Waals surface area contributed by atoms with Crippen molar-refractivity contribution in [2.75, 3.05) is 25.1 Å². The number of hydrogen-bond acceptors (Lipinski definition) is 6. The Morgan fingerprint density at radius 1 is 1.24 bits per heavy atom. The van der Waals surface area contributed by atoms with Crippen LogP contribution in [0.25, 0.3) is 6.08 Å². The number of benzene rings is 2. The van der Waals surface area contributed by atoms with Gasteiger partial charge in [-0.3, -0.25) is 9.59 Å². The molecule has 0 spiro atoms. The van der Waals surface area contributed by atoms with Crippen molar-refractivity contribution >= 4 is 51.5 Å². The summed E-state index contributed by atoms with van der Waals surface area (Å²) in [6, 6.07) is 7.73. The first-order valence-electron chi connectivity index (χ1n) is 9.89. The van der Waals surface area contributed by atoms with Gasteiger partial charge in [-0.2, -0.15) is 0 Å². The van der Waals surface area contributed by atoms with E-state index in [0.29, 0.717) is 14.9 Å². The van der Waals surface area contributed by atoms with Crippen molar-refractivity contribution in [2.24, 2.45) is 0 Å². The SMILES string of the molecule is CCOc1cc(/C=C2/NC(=O)N(CC(=O)Nc3ccccc3F)C2=O)cc(Br)c1OCC(=O)O. The highest BCUT2D eigenvalue weighted by Crippen LogP contribution is 2.37. The number of urea groups is 1. The minimum Gasteiger partial charge on any atom is -0.490 e. The number of nitrogens with zero attached hydrogens (tertiary/aromatic N) is 1. The predicted octanol–water partition coefficient (Wildman–Crippen LogP) is 2.98. The van der Waals surface area contributed by atoms with Gasteiger partial charge in [-0.15, -0.1) is 0 Å². The van der Waals surface area contributed by atoms with E-state index in [0.717, 1.165) is 6.07 Å². The van der Waals surface area contributed by atoms with E-state index in [1.54, 1.807) is 13.0 Å². The fraction of sp³-hybridized carbons (Fsp3) is 0.182. The minimum atomic E-state index is -1.17. The molecule has 0 radical (unpaired) electrons. The summed E-state index contributed by atoms with van der Waals surface area (Å²) in [5.41, 5.74) is 0.255. The number of carboxylic acids is 1. The van der Waals surface area contributed by atoms with E-state index in [1.165, 1.54) is 30.3 Å². The van der Waals surface area contributed by atoms with E-state index in [2.05, 4.69) is 26.6 Å². The Labute approximate surface area is 201 Å². The number of ether oxygens (including phenoxy) is 2. The number of amides is 4. The molecule has 12 heteroatoms. The number of imide groups is 1. The zero-order valence-corrected chi connectivity index (χ0v) is 19.3. The number of rotatable bonds is 9. The molecule has 4 amide bonds. The Bertz CT molecular complexity index is 1190. The van der Waals surface area contributed by atoms with Crippen LogP contribution >= 0.6 is 15.9 Å². The number of hydrogen-bond donors (Lipinski definition) is 3. The lowest BCUT2D eigenvalue weighted by Gasteiger charge is -2.14. The van der Waals surface area contributed by atoms with Gasteiger partial charge in [-0.25, -0.2) is 18.9 Å². The highest BCUT2D eigenvalue weighted by atomic mass is 79.9. The molecular formula is C22H19BrFN3O7. The maximum Gasteiger partial charge on any atom is 0.341 e. The third kappa shape index (κ3) is 5.90. The van der Waals surface area contributed by atoms with E-state index in [9.17, 15) is 23.6 Å². The molecular weight excluding hydrogens is 517 g/mol. The minimum absolute atomic E-state index is 0.0752. The topological polar surface area (TPSA) is 134 Å². The standard InChI is InChI=1S/C22H19BrFN3O7/c1-2-33-17-9-12(7-13(23)20(17)34-11-19(29)30)8-16-21(31)27(22(32)26-16)10-18(28)25-15-6-4-3-5-14(15)24/h3-9H,2,10-11H2,1H3,(H,25,28)(H,26,32)(H,29,30)/b16-8+. The molecule has 1 fully saturated rings. The van der Waals surface area contributed by atoms with Gasteiger partial charge >= 0.3 is 12.0 Å². The van der Waals surface area contributed by atoms with Crippen LogP contribution in [-0.2, 0) is 14.4 Å². The Hall–Kier alpha value is -3.93. The maximum atomic E-state index is 13.7. The summed E-state index contributed by atoms with van der Waals surface area (Å²) in [7, 11) is 0. The van der Waals surface area contributed by atoms with Gasteiger partial charge in [-0.1, -0.05) is 12.1 Å². The molecule has 0 aromatic heterocycles. The van der Waals surface area contributed by atoms with Crippen LogP contribution in [0.15, 0.2) is 46.6 Å². The predicted molar refractivity (Wildman–Crippen MR) is 122 cm³/mol. The third-order valence-corrected chi connectivity index (χ3v) is 4.98. The Morgan fingerprint density at radius 3 is 2.65 bits per heavy atom. The van der Waals surface area contributed by atoms with Crippen LogP contribution in [0.4, 0.5) is 14.9 Å². The molecule has 1 saturated heterocycles. The first kappa shape index (κ1) is 24.7. The Kier molecular flexibility index (Phi) is 7.84. The van der Waals surface area contributed by atoms with E-state index in [4.69, 9.17) is 14.6 Å². The number of aliphatic carboxylic acids is 1. The second kappa shape index (κ2) is 10.8. The molecule has 1 aliphatic rings. The summed E-state index contributed by atoms with van der Waals surface area (Å²) in [5.74, 6) is -2.94. The van der Waals surface area contributed by atoms with E-state index < -0.39 is 42.8 Å². The molecule has 0 atom stereocenters. The van der Waals surface area contributed by atoms with Crippen LogP contribution in [-0.4, -0.2) is 53.6 Å². The van der Waals surface area contributed by atoms with Crippen LogP contribution in [0.2, 0.25) is 0 Å². The fourth-order valence-corrected chi connectivity index (χ4v) is 3.56. The molecule has 1 aliphatic heterocycles. The Balaban J connectivity index is 1.78. The number of halogens is 2. The first-order chi connectivity index (χ1) is 16.2. The quantitative estimate of drug-likeness (QED) is 0.332. The molecule has 0 aliphatic carbocycles. The largest absolute Gasteiger partial charge is 0.490 e. The third-order valence-electron chi connectivity index (χ3n) is 4.39. The summed E-state index contributed by atoms with van der Waals surface area (Å²) in [5, 5.41) is 13.5. The summed E-state index contributed by atoms with van der Waals surface area (Å²) < 4.78 is 24.8. The van der Waals surface area contributed by atoms with Gasteiger partial charge in [0.15, 0.2) is 18.1 Å². The molecule has 3 rings (SSSR count). The number of carbonyl (C=O) groups is 4. The second-order valence-electron chi connectivity index (χ2n) is 6.85. The van der Waals surface area contributed by atoms with Gasteiger partial charge < -0.3 is 25.2 Å². The molecule has 0 bridgehead atoms. The van der Waals surface area contributed by atoms with Crippen LogP contribution in [0.1, 0.15) is 12.5 Å². The molecule has 0 saturated carbocycles. The van der Waals surface area contributed by atoms with Gasteiger partial charge in [0.05, 0.1) is 16.8 Å². The molecule has 34 heavy (non-hydrogen) atoms. The van der Waals surface area contributed by atoms with Crippen LogP contribution in [0, 0.1) is 5.82 Å². The van der Waals surface area contributed by atoms with Gasteiger partial charge in [-0.05, 0) is 58.8 Å². The lowest BCUT2D eigenvalue weighted by atomic mass is 10.1. The fourth-order valence-electron chi connectivity index (χ4n) is 2.99. The Morgan fingerprint density at radius 2 is 1.97 bits per heavy atom. The molecule has 10 nitrogen and oxygen atoms in total. The zero-order valence-electron chi connectivity index (χ0n) is 17.8. The van der Waals surface area contributed by atoms with Crippen molar-refractivity contribution in [3.05, 3.63) is 57.9 Å². The first-order valence-corrected chi connectivity index (χ1v) is 10.7. The van der Waals surface area contributed by atoms with Crippen molar-refractivity contribution in [3.8, 4) is 11.5 Å². The van der Waals surface area contributed by atoms with Gasteiger partial charge in [0, 0.05) is 0 Å². The normalized spacial score (nSPS) is 14.2. The number of carboxylic acid groups (broad SMARTS) is 1. The van der Waals surface area contributed by atoms with Crippen LogP contribution in [0.5, 0.6) is 11.5 Å². The molecule has 1 heterocycles. The smallest absolute Gasteiger partial charge is 0.341 e. The lowest BCUT2D eigenvalue weighted by Crippen LogP contribution is -2.38. The molecule has 2 aromatic rings. The number of anilines is 1. The molecule has 3 N–H and O–H groups in total. The van der Waals surface area contributed by atoms with Gasteiger partial charge in [0.1, 0.15) is 18.1 Å². The van der Waals surface area contributed by atoms with Crippen molar-refractivity contribution in [1.82, 2.24) is 10.2 Å². The average Bonchev–Trinajstić information content (AvgIpc) is 3.02. The number of para-hydroxylation sites is 1. The van der Waals surface area contributed by atoms with Crippen molar-refractivity contribution in [2.45, 2.75) is 6.92 Å². The van der Waals surface area contributed by atoms with Gasteiger partial charge in [0.2, 0.25) is 5.91 Å². The monoisotopic (exact) mass is 535 g/mol.